The van der Waals surface area contributed by atoms with Gasteiger partial charge in [-0.2, -0.15) is 0 Å². The lowest BCUT2D eigenvalue weighted by atomic mass is 9.61. The third-order valence-electron chi connectivity index (χ3n) is 9.47. The van der Waals surface area contributed by atoms with Gasteiger partial charge in [-0.15, -0.1) is 0 Å². The number of hydrogen-bond donors (Lipinski definition) is 3. The fourth-order valence-electron chi connectivity index (χ4n) is 7.01. The molecule has 0 bridgehead atoms. The molecule has 3 aliphatic carbocycles. The van der Waals surface area contributed by atoms with Gasteiger partial charge in [-0.3, -0.25) is 0 Å². The van der Waals surface area contributed by atoms with E-state index in [2.05, 4.69) is 44.7 Å². The number of aliphatic hydroxyl groups is 3. The molecule has 3 rings (SSSR count). The normalized spacial score (nSPS) is 36.1. The summed E-state index contributed by atoms with van der Waals surface area (Å²) in [6, 6.07) is 0. The van der Waals surface area contributed by atoms with Crippen LogP contribution in [-0.4, -0.2) is 33.6 Å². The number of aliphatic hydroxyl groups excluding tert-OH is 2. The lowest BCUT2D eigenvalue weighted by Gasteiger charge is -2.44. The molecule has 3 nitrogen and oxygen atoms in total. The summed E-state index contributed by atoms with van der Waals surface area (Å²) in [5, 5.41) is 30.4. The molecule has 34 heavy (non-hydrogen) atoms. The highest BCUT2D eigenvalue weighted by atomic mass is 16.3. The van der Waals surface area contributed by atoms with Crippen molar-refractivity contribution in [3.63, 3.8) is 0 Å². The Balaban J connectivity index is 1.72. The van der Waals surface area contributed by atoms with E-state index in [1.54, 1.807) is 5.57 Å². The first-order valence-electron chi connectivity index (χ1n) is 13.6. The first-order valence-corrected chi connectivity index (χ1v) is 13.6. The van der Waals surface area contributed by atoms with Crippen LogP contribution in [0.25, 0.3) is 0 Å². The van der Waals surface area contributed by atoms with Crippen LogP contribution < -0.4 is 0 Å². The van der Waals surface area contributed by atoms with E-state index in [0.717, 1.165) is 30.4 Å². The molecule has 0 aliphatic heterocycles. The van der Waals surface area contributed by atoms with E-state index in [0.29, 0.717) is 36.0 Å². The van der Waals surface area contributed by atoms with Crippen LogP contribution in [0.3, 0.4) is 0 Å². The van der Waals surface area contributed by atoms with Crippen LogP contribution in [0.2, 0.25) is 0 Å². The molecule has 3 aliphatic rings. The van der Waals surface area contributed by atoms with Gasteiger partial charge in [0.1, 0.15) is 0 Å². The highest BCUT2D eigenvalue weighted by Crippen LogP contribution is 2.59. The maximum absolute atomic E-state index is 10.5. The van der Waals surface area contributed by atoms with E-state index in [-0.39, 0.29) is 18.6 Å². The standard InChI is InChI=1S/C31H48O3/c1-6-31(34,7-2)18-9-8-11-22(3)28-15-16-29-24(12-10-17-30(28,29)5)13-14-25-19-27(33)20-26(21-32)23(25)4/h8-9,11,13-14,18,22,26-29,32-34H,4,6-7,10,12,15-17,19-21H2,1-3,5H3/b11-8+,18-9+,24-13+,25-14+/t22-,26-,27-,28-,29+,30-/m1/s1. The second-order valence-electron chi connectivity index (χ2n) is 11.4. The molecule has 0 aromatic rings. The van der Waals surface area contributed by atoms with Crippen LogP contribution in [0.15, 0.2) is 59.8 Å². The molecule has 0 radical (unpaired) electrons. The maximum atomic E-state index is 10.5. The van der Waals surface area contributed by atoms with Crippen molar-refractivity contribution in [2.75, 3.05) is 6.61 Å². The molecule has 0 aromatic carbocycles. The van der Waals surface area contributed by atoms with Gasteiger partial charge < -0.3 is 15.3 Å². The Morgan fingerprint density at radius 2 is 1.91 bits per heavy atom. The van der Waals surface area contributed by atoms with E-state index in [1.807, 2.05) is 26.0 Å². The van der Waals surface area contributed by atoms with Crippen molar-refractivity contribution in [1.82, 2.24) is 0 Å². The Hall–Kier alpha value is -1.42. The Labute approximate surface area is 208 Å². The zero-order chi connectivity index (χ0) is 24.9. The monoisotopic (exact) mass is 468 g/mol. The topological polar surface area (TPSA) is 60.7 Å². The third-order valence-corrected chi connectivity index (χ3v) is 9.47. The number of hydrogen-bond acceptors (Lipinski definition) is 3. The molecule has 3 saturated carbocycles. The first kappa shape index (κ1) is 27.2. The van der Waals surface area contributed by atoms with Crippen LogP contribution in [-0.2, 0) is 0 Å². The summed E-state index contributed by atoms with van der Waals surface area (Å²) in [4.78, 5) is 0. The second-order valence-corrected chi connectivity index (χ2v) is 11.4. The van der Waals surface area contributed by atoms with Crippen molar-refractivity contribution in [2.45, 2.75) is 97.2 Å². The van der Waals surface area contributed by atoms with E-state index in [4.69, 9.17) is 0 Å². The van der Waals surface area contributed by atoms with E-state index >= 15 is 0 Å². The van der Waals surface area contributed by atoms with Crippen molar-refractivity contribution in [2.24, 2.45) is 29.1 Å². The van der Waals surface area contributed by atoms with E-state index in [1.165, 1.54) is 25.7 Å². The highest BCUT2D eigenvalue weighted by molar-refractivity contribution is 5.38. The van der Waals surface area contributed by atoms with E-state index in [9.17, 15) is 15.3 Å². The van der Waals surface area contributed by atoms with Crippen LogP contribution in [0, 0.1) is 29.1 Å². The Bertz CT molecular complexity index is 828. The molecule has 6 atom stereocenters. The van der Waals surface area contributed by atoms with Crippen LogP contribution in [0.5, 0.6) is 0 Å². The third kappa shape index (κ3) is 5.86. The Morgan fingerprint density at radius 1 is 1.18 bits per heavy atom. The summed E-state index contributed by atoms with van der Waals surface area (Å²) in [7, 11) is 0. The van der Waals surface area contributed by atoms with Crippen molar-refractivity contribution in [3.8, 4) is 0 Å². The van der Waals surface area contributed by atoms with Gasteiger partial charge in [-0.1, -0.05) is 76.3 Å². The molecule has 0 unspecified atom stereocenters. The number of rotatable bonds is 8. The molecule has 0 amide bonds. The largest absolute Gasteiger partial charge is 0.396 e. The first-order chi connectivity index (χ1) is 16.2. The number of fused-ring (bicyclic) bond motifs is 1. The summed E-state index contributed by atoms with van der Waals surface area (Å²) in [5.74, 6) is 1.77. The summed E-state index contributed by atoms with van der Waals surface area (Å²) in [6.07, 6.45) is 21.5. The Morgan fingerprint density at radius 3 is 2.59 bits per heavy atom. The lowest BCUT2D eigenvalue weighted by molar-refractivity contribution is 0.0828. The smallest absolute Gasteiger partial charge is 0.0825 e. The zero-order valence-corrected chi connectivity index (χ0v) is 22.0. The molecule has 0 spiro atoms. The molecule has 3 fully saturated rings. The second kappa shape index (κ2) is 11.5. The summed E-state index contributed by atoms with van der Waals surface area (Å²) >= 11 is 0. The molecule has 3 N–H and O–H groups in total. The fraction of sp³-hybridized carbons (Fsp3) is 0.677. The van der Waals surface area contributed by atoms with Gasteiger partial charge in [0.15, 0.2) is 0 Å². The highest BCUT2D eigenvalue weighted by Gasteiger charge is 2.50. The fourth-order valence-corrected chi connectivity index (χ4v) is 7.01. The van der Waals surface area contributed by atoms with Crippen LogP contribution in [0.1, 0.15) is 85.5 Å². The average Bonchev–Trinajstić information content (AvgIpc) is 3.19. The summed E-state index contributed by atoms with van der Waals surface area (Å²) < 4.78 is 0. The van der Waals surface area contributed by atoms with Crippen LogP contribution in [0.4, 0.5) is 0 Å². The van der Waals surface area contributed by atoms with Gasteiger partial charge in [0.2, 0.25) is 0 Å². The van der Waals surface area contributed by atoms with Gasteiger partial charge in [0.25, 0.3) is 0 Å². The predicted molar refractivity (Wildman–Crippen MR) is 142 cm³/mol. The molecule has 3 heteroatoms. The van der Waals surface area contributed by atoms with Crippen molar-refractivity contribution in [3.05, 3.63) is 59.8 Å². The van der Waals surface area contributed by atoms with Gasteiger partial charge >= 0.3 is 0 Å². The maximum Gasteiger partial charge on any atom is 0.0825 e. The molecular weight excluding hydrogens is 420 g/mol. The SMILES string of the molecule is C=C1/C(=C/C=C2\CCC[C@]3(C)[C@@H]([C@H](C)/C=C/C=C/C(O)(CC)CC)CC[C@@H]23)C[C@@H](O)C[C@@H]1CO. The minimum absolute atomic E-state index is 0.0202. The van der Waals surface area contributed by atoms with Gasteiger partial charge in [-0.25, -0.2) is 0 Å². The summed E-state index contributed by atoms with van der Waals surface area (Å²) in [5.41, 5.74) is 3.29. The quantitative estimate of drug-likeness (QED) is 0.348. The summed E-state index contributed by atoms with van der Waals surface area (Å²) in [6.45, 7) is 13.2. The predicted octanol–water partition coefficient (Wildman–Crippen LogP) is 6.67. The van der Waals surface area contributed by atoms with E-state index < -0.39 is 5.60 Å². The minimum Gasteiger partial charge on any atom is -0.396 e. The van der Waals surface area contributed by atoms with Crippen molar-refractivity contribution in [1.29, 1.82) is 0 Å². The van der Waals surface area contributed by atoms with Crippen molar-refractivity contribution >= 4 is 0 Å². The Kier molecular flexibility index (Phi) is 9.23. The van der Waals surface area contributed by atoms with Crippen LogP contribution >= 0.6 is 0 Å². The molecule has 0 saturated heterocycles. The van der Waals surface area contributed by atoms with Gasteiger partial charge in [0.05, 0.1) is 18.3 Å². The zero-order valence-electron chi connectivity index (χ0n) is 22.0. The molecule has 0 heterocycles. The lowest BCUT2D eigenvalue weighted by Crippen LogP contribution is -2.35. The number of allylic oxidation sites excluding steroid dienone is 6. The van der Waals surface area contributed by atoms with Gasteiger partial charge in [-0.05, 0) is 92.1 Å². The molecule has 190 valence electrons. The molecule has 0 aromatic heterocycles. The average molecular weight is 469 g/mol. The van der Waals surface area contributed by atoms with Crippen molar-refractivity contribution < 1.29 is 15.3 Å². The van der Waals surface area contributed by atoms with Gasteiger partial charge in [0, 0.05) is 5.92 Å². The minimum atomic E-state index is -0.688. The molecular formula is C31H48O3.